The van der Waals surface area contributed by atoms with Crippen LogP contribution in [0.25, 0.3) is 111 Å². The van der Waals surface area contributed by atoms with Gasteiger partial charge in [-0.05, 0) is 130 Å². The fraction of sp³-hybridized carbons (Fsp3) is 0.103. The van der Waals surface area contributed by atoms with Crippen LogP contribution in [0.15, 0.2) is 194 Å². The molecule has 4 heteroatoms. The molecule has 0 bridgehead atoms. The van der Waals surface area contributed by atoms with Gasteiger partial charge in [-0.2, -0.15) is 0 Å². The van der Waals surface area contributed by atoms with Gasteiger partial charge in [-0.1, -0.05) is 158 Å². The van der Waals surface area contributed by atoms with E-state index in [4.69, 9.17) is 9.97 Å². The zero-order valence-electron chi connectivity index (χ0n) is 35.4. The summed E-state index contributed by atoms with van der Waals surface area (Å²) < 4.78 is 4.71. The smallest absolute Gasteiger partial charge is 0.141 e. The van der Waals surface area contributed by atoms with Gasteiger partial charge in [0.1, 0.15) is 11.6 Å². The maximum atomic E-state index is 5.25. The van der Waals surface area contributed by atoms with Crippen molar-refractivity contribution in [3.8, 4) is 67.3 Å². The van der Waals surface area contributed by atoms with Crippen LogP contribution in [0.1, 0.15) is 39.8 Å². The van der Waals surface area contributed by atoms with Crippen LogP contribution in [0.3, 0.4) is 0 Å². The summed E-state index contributed by atoms with van der Waals surface area (Å²) in [5, 5.41) is 4.89. The van der Waals surface area contributed by atoms with Gasteiger partial charge >= 0.3 is 0 Å². The highest BCUT2D eigenvalue weighted by Crippen LogP contribution is 2.46. The fourth-order valence-corrected chi connectivity index (χ4v) is 9.60. The van der Waals surface area contributed by atoms with Gasteiger partial charge < -0.3 is 9.13 Å². The first-order valence-electron chi connectivity index (χ1n) is 21.7. The number of nitrogens with zero attached hydrogens (tertiary/aromatic N) is 4. The van der Waals surface area contributed by atoms with E-state index in [9.17, 15) is 0 Å². The molecule has 62 heavy (non-hydrogen) atoms. The summed E-state index contributed by atoms with van der Waals surface area (Å²) >= 11 is 0. The average Bonchev–Trinajstić information content (AvgIpc) is 3.91. The Morgan fingerprint density at radius 2 is 0.629 bits per heavy atom. The first kappa shape index (κ1) is 37.4. The standard InChI is InChI=1S/C58H46N4/c1-37(2)61-53-31-27-45(35-51(53)59-57(61)41-21-13-7-14-22-41)43-25-29-47-49(33-43)55(39-17-9-5-10-18-39)48-30-26-44(34-50(48)56(47)40-19-11-6-12-20-40)46-28-32-54-52(36-46)60-58(62(54)38(3)4)42-23-15-8-16-24-42/h5-38H,1-4H3. The molecular formula is C58H46N4. The molecule has 2 heterocycles. The number of benzene rings is 9. The SMILES string of the molecule is CC(C)n1c(-c2ccccc2)nc2cc(-c3ccc4c(-c5ccccc5)c5cc(-c6ccc7c(c6)nc(-c6ccccc6)n7C(C)C)ccc5c(-c5ccccc5)c4c3)ccc21. The van der Waals surface area contributed by atoms with Crippen LogP contribution in [-0.4, -0.2) is 19.1 Å². The van der Waals surface area contributed by atoms with Crippen LogP contribution in [0.2, 0.25) is 0 Å². The molecule has 0 aliphatic carbocycles. The maximum absolute atomic E-state index is 5.25. The number of rotatable bonds is 8. The predicted molar refractivity (Wildman–Crippen MR) is 261 cm³/mol. The summed E-state index contributed by atoms with van der Waals surface area (Å²) in [4.78, 5) is 10.5. The highest BCUT2D eigenvalue weighted by Gasteiger charge is 2.21. The van der Waals surface area contributed by atoms with E-state index >= 15 is 0 Å². The average molecular weight is 799 g/mol. The molecule has 0 spiro atoms. The van der Waals surface area contributed by atoms with Crippen LogP contribution in [-0.2, 0) is 0 Å². The van der Waals surface area contributed by atoms with Gasteiger partial charge in [-0.3, -0.25) is 0 Å². The first-order valence-corrected chi connectivity index (χ1v) is 21.7. The van der Waals surface area contributed by atoms with Gasteiger partial charge in [-0.25, -0.2) is 9.97 Å². The topological polar surface area (TPSA) is 35.6 Å². The van der Waals surface area contributed by atoms with E-state index in [1.807, 2.05) is 0 Å². The predicted octanol–water partition coefficient (Wildman–Crippen LogP) is 15.9. The van der Waals surface area contributed by atoms with Gasteiger partial charge in [0.05, 0.1) is 22.1 Å². The first-order chi connectivity index (χ1) is 30.4. The minimum atomic E-state index is 0.263. The Labute approximate surface area is 362 Å². The van der Waals surface area contributed by atoms with E-state index < -0.39 is 0 Å². The van der Waals surface area contributed by atoms with Gasteiger partial charge in [0.25, 0.3) is 0 Å². The minimum Gasteiger partial charge on any atom is -0.321 e. The van der Waals surface area contributed by atoms with E-state index in [2.05, 4.69) is 231 Å². The van der Waals surface area contributed by atoms with E-state index in [1.165, 1.54) is 43.8 Å². The van der Waals surface area contributed by atoms with E-state index in [-0.39, 0.29) is 12.1 Å². The Morgan fingerprint density at radius 3 is 0.984 bits per heavy atom. The molecule has 11 aromatic rings. The quantitative estimate of drug-likeness (QED) is 0.144. The molecule has 0 N–H and O–H groups in total. The fourth-order valence-electron chi connectivity index (χ4n) is 9.60. The van der Waals surface area contributed by atoms with Gasteiger partial charge in [-0.15, -0.1) is 0 Å². The molecule has 0 saturated carbocycles. The zero-order chi connectivity index (χ0) is 41.9. The molecule has 0 saturated heterocycles. The van der Waals surface area contributed by atoms with Crippen LogP contribution in [0.5, 0.6) is 0 Å². The van der Waals surface area contributed by atoms with Gasteiger partial charge in [0.15, 0.2) is 0 Å². The summed E-state index contributed by atoms with van der Waals surface area (Å²) in [7, 11) is 0. The molecule has 9 aromatic carbocycles. The second-order valence-electron chi connectivity index (χ2n) is 16.9. The Morgan fingerprint density at radius 1 is 0.306 bits per heavy atom. The monoisotopic (exact) mass is 798 g/mol. The number of aromatic nitrogens is 4. The van der Waals surface area contributed by atoms with Crippen molar-refractivity contribution in [2.24, 2.45) is 0 Å². The van der Waals surface area contributed by atoms with Crippen molar-refractivity contribution in [2.45, 2.75) is 39.8 Å². The van der Waals surface area contributed by atoms with Crippen molar-refractivity contribution in [1.82, 2.24) is 19.1 Å². The third kappa shape index (κ3) is 6.30. The Bertz CT molecular complexity index is 3200. The maximum Gasteiger partial charge on any atom is 0.141 e. The zero-order valence-corrected chi connectivity index (χ0v) is 35.4. The van der Waals surface area contributed by atoms with E-state index in [0.717, 1.165) is 67.1 Å². The summed E-state index contributed by atoms with van der Waals surface area (Å²) in [6.07, 6.45) is 0. The summed E-state index contributed by atoms with van der Waals surface area (Å²) in [5.74, 6) is 2.00. The normalized spacial score (nSPS) is 11.8. The molecule has 2 aromatic heterocycles. The van der Waals surface area contributed by atoms with Crippen LogP contribution in [0, 0.1) is 0 Å². The number of imidazole rings is 2. The van der Waals surface area contributed by atoms with Crippen LogP contribution < -0.4 is 0 Å². The molecule has 0 radical (unpaired) electrons. The molecule has 0 aliphatic heterocycles. The molecular weight excluding hydrogens is 753 g/mol. The highest BCUT2D eigenvalue weighted by atomic mass is 15.1. The van der Waals surface area contributed by atoms with E-state index in [1.54, 1.807) is 0 Å². The summed E-state index contributed by atoms with van der Waals surface area (Å²) in [6.45, 7) is 8.93. The van der Waals surface area contributed by atoms with Crippen molar-refractivity contribution in [2.75, 3.05) is 0 Å². The van der Waals surface area contributed by atoms with Crippen molar-refractivity contribution in [3.05, 3.63) is 194 Å². The second-order valence-corrected chi connectivity index (χ2v) is 16.9. The highest BCUT2D eigenvalue weighted by molar-refractivity contribution is 6.22. The lowest BCUT2D eigenvalue weighted by atomic mass is 9.84. The number of hydrogen-bond acceptors (Lipinski definition) is 2. The molecule has 298 valence electrons. The van der Waals surface area contributed by atoms with Crippen molar-refractivity contribution in [1.29, 1.82) is 0 Å². The van der Waals surface area contributed by atoms with Crippen molar-refractivity contribution >= 4 is 43.6 Å². The Kier molecular flexibility index (Phi) is 9.16. The Balaban J connectivity index is 1.12. The number of hydrogen-bond donors (Lipinski definition) is 0. The second kappa shape index (κ2) is 15.2. The third-order valence-electron chi connectivity index (χ3n) is 12.4. The molecule has 4 nitrogen and oxygen atoms in total. The molecule has 0 unspecified atom stereocenters. The van der Waals surface area contributed by atoms with Crippen molar-refractivity contribution in [3.63, 3.8) is 0 Å². The summed E-state index contributed by atoms with van der Waals surface area (Å²) in [6, 6.07) is 71.0. The lowest BCUT2D eigenvalue weighted by molar-refractivity contribution is 0.624. The molecule has 0 fully saturated rings. The molecule has 0 atom stereocenters. The molecule has 11 rings (SSSR count). The van der Waals surface area contributed by atoms with E-state index in [0.29, 0.717) is 0 Å². The molecule has 0 amide bonds. The third-order valence-corrected chi connectivity index (χ3v) is 12.4. The van der Waals surface area contributed by atoms with Crippen LogP contribution >= 0.6 is 0 Å². The van der Waals surface area contributed by atoms with Gasteiger partial charge in [0.2, 0.25) is 0 Å². The minimum absolute atomic E-state index is 0.263. The lowest BCUT2D eigenvalue weighted by Gasteiger charge is -2.20. The summed E-state index contributed by atoms with van der Waals surface area (Å²) in [5.41, 5.74) is 16.0. The molecule has 0 aliphatic rings. The Hall–Kier alpha value is -7.56. The van der Waals surface area contributed by atoms with Crippen molar-refractivity contribution < 1.29 is 0 Å². The van der Waals surface area contributed by atoms with Crippen LogP contribution in [0.4, 0.5) is 0 Å². The van der Waals surface area contributed by atoms with Gasteiger partial charge in [0, 0.05) is 23.2 Å². The lowest BCUT2D eigenvalue weighted by Crippen LogP contribution is -2.02. The number of fused-ring (bicyclic) bond motifs is 4. The largest absolute Gasteiger partial charge is 0.321 e.